The molecule has 1 aliphatic carbocycles. The molecule has 0 spiro atoms. The molecule has 11 amide bonds. The van der Waals surface area contributed by atoms with Gasteiger partial charge in [0.25, 0.3) is 17.4 Å². The number of fused-ring (bicyclic) bond motifs is 5. The molecule has 5 aliphatic rings. The molecule has 2 aromatic carbocycles. The normalized spacial score (nSPS) is 21.1. The van der Waals surface area contributed by atoms with E-state index in [-0.39, 0.29) is 60.6 Å². The molecule has 96 heavy (non-hydrogen) atoms. The number of rotatable bonds is 28. The fraction of sp³-hybridized carbons (Fsp3) is 0.443. The molecule has 4 aromatic rings. The van der Waals surface area contributed by atoms with Crippen molar-refractivity contribution in [2.75, 3.05) is 59.2 Å². The molecule has 35 heteroatoms. The number of hydrogen-bond acceptors (Lipinski definition) is 22. The molecule has 0 unspecified atom stereocenters. The Morgan fingerprint density at radius 1 is 0.750 bits per heavy atom. The predicted molar refractivity (Wildman–Crippen MR) is 325 cm³/mol. The number of nitrogens with zero attached hydrogens (tertiary/aromatic N) is 3. The maximum atomic E-state index is 15.4. The number of aliphatic hydroxyl groups excluding tert-OH is 5. The van der Waals surface area contributed by atoms with Crippen molar-refractivity contribution in [1.82, 2.24) is 62.3 Å². The van der Waals surface area contributed by atoms with Crippen LogP contribution in [0.25, 0.3) is 22.3 Å². The number of aromatic nitrogens is 2. The number of carbonyl (C=O) groups excluding carboxylic acids is 12. The van der Waals surface area contributed by atoms with E-state index in [1.165, 1.54) is 16.7 Å². The molecular weight excluding hydrogens is 1280 g/mol. The van der Waals surface area contributed by atoms with Crippen LogP contribution in [0, 0.1) is 12.7 Å². The van der Waals surface area contributed by atoms with E-state index in [2.05, 4.69) is 58.1 Å². The average Bonchev–Trinajstić information content (AvgIpc) is 1.41. The number of aliphatic hydroxyl groups is 5. The van der Waals surface area contributed by atoms with Gasteiger partial charge in [-0.2, -0.15) is 0 Å². The Labute approximate surface area is 547 Å². The Morgan fingerprint density at radius 2 is 1.42 bits per heavy atom. The molecule has 0 saturated carbocycles. The number of carbonyl (C=O) groups is 12. The van der Waals surface area contributed by atoms with Gasteiger partial charge in [0.2, 0.25) is 53.2 Å². The molecule has 2 aromatic heterocycles. The molecule has 3 radical (unpaired) electrons. The van der Waals surface area contributed by atoms with E-state index >= 15 is 4.39 Å². The lowest BCUT2D eigenvalue weighted by atomic mass is 9.81. The number of halogens is 1. The number of benzene rings is 2. The molecule has 9 atom stereocenters. The van der Waals surface area contributed by atoms with Crippen molar-refractivity contribution in [3.8, 4) is 11.4 Å². The number of imide groups is 1. The third kappa shape index (κ3) is 16.3. The highest BCUT2D eigenvalue weighted by Crippen LogP contribution is 2.46. The predicted octanol–water partition coefficient (Wildman–Crippen LogP) is -6.83. The zero-order valence-electron chi connectivity index (χ0n) is 51.3. The zero-order chi connectivity index (χ0) is 69.3. The van der Waals surface area contributed by atoms with Crippen LogP contribution in [-0.4, -0.2) is 223 Å². The van der Waals surface area contributed by atoms with E-state index in [1.807, 2.05) is 0 Å². The number of esters is 1. The Balaban J connectivity index is 0.744. The van der Waals surface area contributed by atoms with Crippen LogP contribution >= 0.6 is 0 Å². The Bertz CT molecular complexity index is 3870. The summed E-state index contributed by atoms with van der Waals surface area (Å²) >= 11 is 0. The van der Waals surface area contributed by atoms with Gasteiger partial charge in [-0.05, 0) is 54.5 Å². The van der Waals surface area contributed by atoms with Crippen molar-refractivity contribution in [2.24, 2.45) is 0 Å². The number of pyridine rings is 2. The van der Waals surface area contributed by atoms with Gasteiger partial charge in [-0.15, -0.1) is 0 Å². The van der Waals surface area contributed by atoms with Crippen LogP contribution in [0.15, 0.2) is 59.4 Å². The molecule has 1 saturated heterocycles. The largest absolute Gasteiger partial charge is 0.458 e. The van der Waals surface area contributed by atoms with Gasteiger partial charge in [0.15, 0.2) is 6.10 Å². The minimum absolute atomic E-state index is 0.0299. The number of hydrogen-bond donors (Lipinski definition) is 14. The van der Waals surface area contributed by atoms with Crippen molar-refractivity contribution in [1.29, 1.82) is 0 Å². The number of amides is 11. The molecule has 9 rings (SSSR count). The van der Waals surface area contributed by atoms with Crippen molar-refractivity contribution in [3.05, 3.63) is 110 Å². The first-order chi connectivity index (χ1) is 45.7. The third-order valence-corrected chi connectivity index (χ3v) is 17.2. The first kappa shape index (κ1) is 70.6. The quantitative estimate of drug-likeness (QED) is 0.00728. The second-order valence-electron chi connectivity index (χ2n) is 23.1. The van der Waals surface area contributed by atoms with Crippen LogP contribution in [0.3, 0.4) is 0 Å². The van der Waals surface area contributed by atoms with E-state index in [9.17, 15) is 87.9 Å². The van der Waals surface area contributed by atoms with Gasteiger partial charge in [-0.1, -0.05) is 30.3 Å². The highest BCUT2D eigenvalue weighted by molar-refractivity contribution is 6.20. The molecule has 1 fully saturated rings. The Hall–Kier alpha value is -9.75. The third-order valence-electron chi connectivity index (χ3n) is 16.6. The van der Waals surface area contributed by atoms with E-state index < -0.39 is 208 Å². The Kier molecular flexibility index (Phi) is 22.6. The maximum absolute atomic E-state index is 15.4. The second-order valence-corrected chi connectivity index (χ2v) is 24.0. The molecule has 509 valence electrons. The summed E-state index contributed by atoms with van der Waals surface area (Å²) < 4.78 is 32.8. The fourth-order valence-corrected chi connectivity index (χ4v) is 12.1. The van der Waals surface area contributed by atoms with Crippen LogP contribution < -0.4 is 53.4 Å². The SMILES string of the molecule is Cc1c(F)cc2nc3c(c4c2c1CC[C@@]4([Si])NC(=O)COCNC(=O)CNC(=O)[C@H](Cc1ccccc1)NC(=O)CNC(=O)CNC(=O)[C@H](CCC(=O)NC[C@@H]1O[C@H](CO)[C@@H](O)[C@H](O)[C@H]1O)NC(=O)CCNC(=O)CN1C(=O)C=CC1=O)Cn1c-3cc2c(c1=O)COC(=O)[C@H]2O. The zero-order valence-corrected chi connectivity index (χ0v) is 52.3. The van der Waals surface area contributed by atoms with Gasteiger partial charge < -0.3 is 92.2 Å². The Morgan fingerprint density at radius 3 is 2.12 bits per heavy atom. The van der Waals surface area contributed by atoms with Crippen molar-refractivity contribution >= 4 is 92.1 Å². The van der Waals surface area contributed by atoms with Gasteiger partial charge in [-0.3, -0.25) is 62.4 Å². The standard InChI is InChI=1S/C61H68FN12O21Si/c1-28-30-11-13-61(96,51-32-22-73-38(52(32)71-36(50(30)51)17-34(28)62)16-31-33(59(73)91)25-94-60(92)53(31)85)72-47(82)26-93-27-68-44(79)20-67-58(90)37(15-29-5-3-2-4-6-29)70-45(80)21-65-43(78)19-66-57(89)35(69-42(77)12-14-63-46(81)23-74-48(83)9-10-49(74)84)7-8-41(76)64-18-39-54(86)56(88)55(87)40(24-75)95-39/h2-6,9-10,16-17,35,37,39-40,53-56,75,85-88H,7-8,11-15,18-27H2,1H3,(H,63,81)(H,64,76)(H,65,78)(H,66,89)(H,67,90)(H,68,79)(H,69,77)(H,70,80)(H,72,82)/t35-,37-,39-,40+,53-,54-,55+,56+,61-/m0/s1. The van der Waals surface area contributed by atoms with Gasteiger partial charge in [-0.25, -0.2) is 14.2 Å². The van der Waals surface area contributed by atoms with E-state index in [0.717, 1.165) is 12.2 Å². The summed E-state index contributed by atoms with van der Waals surface area (Å²) in [6, 6.07) is 8.30. The lowest BCUT2D eigenvalue weighted by Gasteiger charge is -2.40. The van der Waals surface area contributed by atoms with Gasteiger partial charge in [0.05, 0.1) is 65.5 Å². The van der Waals surface area contributed by atoms with Gasteiger partial charge in [0, 0.05) is 72.2 Å². The van der Waals surface area contributed by atoms with Crippen molar-refractivity contribution in [3.63, 3.8) is 0 Å². The van der Waals surface area contributed by atoms with Crippen molar-refractivity contribution < 1.29 is 102 Å². The monoisotopic (exact) mass is 1350 g/mol. The molecule has 6 heterocycles. The van der Waals surface area contributed by atoms with Gasteiger partial charge >= 0.3 is 5.97 Å². The summed E-state index contributed by atoms with van der Waals surface area (Å²) in [6.45, 7) is -4.14. The number of cyclic esters (lactones) is 1. The minimum atomic E-state index is -1.72. The fourth-order valence-electron chi connectivity index (χ4n) is 11.6. The minimum Gasteiger partial charge on any atom is -0.458 e. The summed E-state index contributed by atoms with van der Waals surface area (Å²) in [4.78, 5) is 174. The summed E-state index contributed by atoms with van der Waals surface area (Å²) in [5.41, 5.74) is 3.02. The summed E-state index contributed by atoms with van der Waals surface area (Å²) in [5.74, 6) is -10.3. The average molecular weight is 1350 g/mol. The van der Waals surface area contributed by atoms with Crippen LogP contribution in [0.5, 0.6) is 0 Å². The molecule has 0 bridgehead atoms. The smallest absolute Gasteiger partial charge is 0.340 e. The number of aryl methyl sites for hydroxylation is 1. The number of nitrogens with one attached hydrogen (secondary N) is 9. The molecule has 4 aliphatic heterocycles. The maximum Gasteiger partial charge on any atom is 0.340 e. The lowest BCUT2D eigenvalue weighted by Crippen LogP contribution is -2.60. The van der Waals surface area contributed by atoms with Crippen LogP contribution in [0.4, 0.5) is 4.39 Å². The highest BCUT2D eigenvalue weighted by Gasteiger charge is 2.45. The molecule has 14 N–H and O–H groups in total. The van der Waals surface area contributed by atoms with E-state index in [0.29, 0.717) is 44.5 Å². The van der Waals surface area contributed by atoms with E-state index in [1.54, 1.807) is 37.3 Å². The topological polar surface area (TPSA) is 480 Å². The first-order valence-electron chi connectivity index (χ1n) is 30.2. The van der Waals surface area contributed by atoms with Crippen LogP contribution in [0.1, 0.15) is 70.7 Å². The van der Waals surface area contributed by atoms with Gasteiger partial charge in [0.1, 0.15) is 74.9 Å². The lowest BCUT2D eigenvalue weighted by molar-refractivity contribution is -0.227. The molecular formula is C61H68FN12O21Si. The molecule has 33 nitrogen and oxygen atoms in total. The summed E-state index contributed by atoms with van der Waals surface area (Å²) in [6.07, 6.45) is -8.28. The highest BCUT2D eigenvalue weighted by atomic mass is 28.1. The van der Waals surface area contributed by atoms with Crippen molar-refractivity contribution in [2.45, 2.75) is 112 Å². The van der Waals surface area contributed by atoms with Crippen LogP contribution in [-0.2, 0) is 103 Å². The number of ether oxygens (including phenoxy) is 3. The van der Waals surface area contributed by atoms with Crippen LogP contribution in [0.2, 0.25) is 0 Å². The first-order valence-corrected chi connectivity index (χ1v) is 30.7. The summed E-state index contributed by atoms with van der Waals surface area (Å²) in [5, 5.41) is 72.0. The summed E-state index contributed by atoms with van der Waals surface area (Å²) in [7, 11) is 3.84. The van der Waals surface area contributed by atoms with E-state index in [4.69, 9.17) is 19.2 Å². The second kappa shape index (κ2) is 30.8.